The molecule has 0 aliphatic heterocycles. The topological polar surface area (TPSA) is 54.4 Å². The van der Waals surface area contributed by atoms with Gasteiger partial charge in [-0.1, -0.05) is 25.5 Å². The third-order valence-electron chi connectivity index (χ3n) is 7.18. The molecule has 0 aromatic rings. The zero-order valence-corrected chi connectivity index (χ0v) is 13.4. The summed E-state index contributed by atoms with van der Waals surface area (Å²) in [5, 5.41) is 10.3. The summed E-state index contributed by atoms with van der Waals surface area (Å²) in [6.07, 6.45) is 7.88. The summed E-state index contributed by atoms with van der Waals surface area (Å²) in [4.78, 5) is 24.2. The fraction of sp³-hybridized carbons (Fsp3) is 0.684. The Balaban J connectivity index is 1.81. The molecule has 118 valence electrons. The Labute approximate surface area is 131 Å². The van der Waals surface area contributed by atoms with Crippen molar-refractivity contribution in [3.05, 3.63) is 23.0 Å². The van der Waals surface area contributed by atoms with Crippen LogP contribution in [0.5, 0.6) is 0 Å². The van der Waals surface area contributed by atoms with Gasteiger partial charge in [-0.05, 0) is 49.5 Å². The number of ketones is 2. The van der Waals surface area contributed by atoms with E-state index in [-0.39, 0.29) is 22.4 Å². The van der Waals surface area contributed by atoms with Gasteiger partial charge in [-0.25, -0.2) is 0 Å². The van der Waals surface area contributed by atoms with Crippen molar-refractivity contribution in [1.82, 2.24) is 0 Å². The van der Waals surface area contributed by atoms with Crippen molar-refractivity contribution in [2.24, 2.45) is 22.7 Å². The molecule has 0 radical (unpaired) electrons. The first-order valence-corrected chi connectivity index (χ1v) is 8.57. The van der Waals surface area contributed by atoms with E-state index in [1.165, 1.54) is 5.57 Å². The average molecular weight is 300 g/mol. The number of hydrogen-bond donors (Lipinski definition) is 1. The third kappa shape index (κ3) is 1.57. The SMILES string of the molecule is C[C@]12CCC(=O)C(O)=C1CCC1C2=CC[C@]2(C)C(=O)CCC12. The Morgan fingerprint density at radius 2 is 1.91 bits per heavy atom. The van der Waals surface area contributed by atoms with E-state index >= 15 is 0 Å². The quantitative estimate of drug-likeness (QED) is 0.690. The first kappa shape index (κ1) is 14.2. The van der Waals surface area contributed by atoms with Crippen LogP contribution in [0.4, 0.5) is 0 Å². The van der Waals surface area contributed by atoms with E-state index in [0.717, 1.165) is 44.1 Å². The predicted molar refractivity (Wildman–Crippen MR) is 83.3 cm³/mol. The van der Waals surface area contributed by atoms with Crippen LogP contribution in [-0.2, 0) is 9.59 Å². The molecule has 0 aromatic heterocycles. The van der Waals surface area contributed by atoms with Gasteiger partial charge in [0.15, 0.2) is 11.5 Å². The summed E-state index contributed by atoms with van der Waals surface area (Å²) >= 11 is 0. The van der Waals surface area contributed by atoms with Crippen LogP contribution in [0.1, 0.15) is 58.8 Å². The summed E-state index contributed by atoms with van der Waals surface area (Å²) in [6, 6.07) is 0. The minimum atomic E-state index is -0.168. The van der Waals surface area contributed by atoms with E-state index in [1.54, 1.807) is 0 Å². The molecule has 0 bridgehead atoms. The van der Waals surface area contributed by atoms with Gasteiger partial charge in [0.1, 0.15) is 5.78 Å². The highest BCUT2D eigenvalue weighted by Gasteiger charge is 2.56. The maximum absolute atomic E-state index is 12.3. The highest BCUT2D eigenvalue weighted by atomic mass is 16.3. The van der Waals surface area contributed by atoms with E-state index < -0.39 is 0 Å². The number of Topliss-reactive ketones (excluding diaryl/α,β-unsaturated/α-hetero) is 2. The summed E-state index contributed by atoms with van der Waals surface area (Å²) in [7, 11) is 0. The summed E-state index contributed by atoms with van der Waals surface area (Å²) in [5.74, 6) is 1.28. The Morgan fingerprint density at radius 1 is 1.14 bits per heavy atom. The van der Waals surface area contributed by atoms with Crippen LogP contribution in [-0.4, -0.2) is 16.7 Å². The second kappa shape index (κ2) is 4.33. The molecule has 3 nitrogen and oxygen atoms in total. The number of hydrogen-bond acceptors (Lipinski definition) is 3. The predicted octanol–water partition coefficient (Wildman–Crippen LogP) is 3.89. The molecule has 0 amide bonds. The molecule has 2 saturated carbocycles. The first-order chi connectivity index (χ1) is 10.4. The maximum Gasteiger partial charge on any atom is 0.197 e. The Bertz CT molecular complexity index is 641. The van der Waals surface area contributed by atoms with Gasteiger partial charge < -0.3 is 5.11 Å². The summed E-state index contributed by atoms with van der Waals surface area (Å²) in [6.45, 7) is 4.35. The van der Waals surface area contributed by atoms with Crippen LogP contribution in [0.15, 0.2) is 23.0 Å². The van der Waals surface area contributed by atoms with Crippen molar-refractivity contribution in [3.63, 3.8) is 0 Å². The second-order valence-electron chi connectivity index (χ2n) is 8.08. The largest absolute Gasteiger partial charge is 0.504 e. The van der Waals surface area contributed by atoms with Gasteiger partial charge in [-0.15, -0.1) is 0 Å². The zero-order valence-electron chi connectivity index (χ0n) is 13.4. The van der Waals surface area contributed by atoms with Gasteiger partial charge >= 0.3 is 0 Å². The minimum absolute atomic E-state index is 0.0314. The maximum atomic E-state index is 12.3. The van der Waals surface area contributed by atoms with Crippen molar-refractivity contribution >= 4 is 11.6 Å². The lowest BCUT2D eigenvalue weighted by atomic mass is 9.52. The van der Waals surface area contributed by atoms with Crippen LogP contribution in [0.25, 0.3) is 0 Å². The van der Waals surface area contributed by atoms with E-state index in [2.05, 4.69) is 19.9 Å². The average Bonchev–Trinajstić information content (AvgIpc) is 2.79. The van der Waals surface area contributed by atoms with Gasteiger partial charge in [0.2, 0.25) is 0 Å². The van der Waals surface area contributed by atoms with Crippen molar-refractivity contribution in [2.75, 3.05) is 0 Å². The van der Waals surface area contributed by atoms with Crippen LogP contribution < -0.4 is 0 Å². The lowest BCUT2D eigenvalue weighted by Gasteiger charge is -2.52. The van der Waals surface area contributed by atoms with E-state index in [9.17, 15) is 14.7 Å². The van der Waals surface area contributed by atoms with Gasteiger partial charge in [0, 0.05) is 23.7 Å². The normalized spacial score (nSPS) is 44.4. The molecule has 1 N–H and O–H groups in total. The van der Waals surface area contributed by atoms with Gasteiger partial charge in [0.05, 0.1) is 0 Å². The summed E-state index contributed by atoms with van der Waals surface area (Å²) in [5.41, 5.74) is 2.04. The first-order valence-electron chi connectivity index (χ1n) is 8.57. The van der Waals surface area contributed by atoms with Crippen molar-refractivity contribution in [1.29, 1.82) is 0 Å². The van der Waals surface area contributed by atoms with E-state index in [4.69, 9.17) is 0 Å². The number of fused-ring (bicyclic) bond motifs is 5. The highest BCUT2D eigenvalue weighted by Crippen LogP contribution is 2.62. The molecular formula is C19H24O3. The van der Waals surface area contributed by atoms with Crippen LogP contribution in [0, 0.1) is 22.7 Å². The minimum Gasteiger partial charge on any atom is -0.504 e. The van der Waals surface area contributed by atoms with Gasteiger partial charge in [0.25, 0.3) is 0 Å². The van der Waals surface area contributed by atoms with Gasteiger partial charge in [-0.2, -0.15) is 0 Å². The Kier molecular flexibility index (Phi) is 2.80. The van der Waals surface area contributed by atoms with E-state index in [1.807, 2.05) is 0 Å². The zero-order chi connectivity index (χ0) is 15.7. The number of carbonyl (C=O) groups excluding carboxylic acids is 2. The third-order valence-corrected chi connectivity index (χ3v) is 7.18. The smallest absolute Gasteiger partial charge is 0.197 e. The molecule has 2 fully saturated rings. The molecule has 4 atom stereocenters. The number of carbonyl (C=O) groups is 2. The van der Waals surface area contributed by atoms with Crippen LogP contribution in [0.2, 0.25) is 0 Å². The van der Waals surface area contributed by atoms with Crippen molar-refractivity contribution in [3.8, 4) is 0 Å². The standard InChI is InChI=1S/C19H24O3/c1-18-10-8-15(20)17(22)14(18)4-3-11-12-5-6-16(21)19(12,2)9-7-13(11)18/h7,11-12,22H,3-6,8-10H2,1-2H3/t11?,12?,18-,19+/m1/s1. The number of aliphatic hydroxyl groups is 1. The lowest BCUT2D eigenvalue weighted by molar-refractivity contribution is -0.127. The monoisotopic (exact) mass is 300 g/mol. The van der Waals surface area contributed by atoms with Crippen molar-refractivity contribution < 1.29 is 14.7 Å². The van der Waals surface area contributed by atoms with Crippen LogP contribution in [0.3, 0.4) is 0 Å². The molecule has 0 heterocycles. The number of rotatable bonds is 0. The van der Waals surface area contributed by atoms with Crippen molar-refractivity contribution in [2.45, 2.75) is 58.8 Å². The molecule has 22 heavy (non-hydrogen) atoms. The molecule has 2 unspecified atom stereocenters. The highest BCUT2D eigenvalue weighted by molar-refractivity contribution is 5.95. The van der Waals surface area contributed by atoms with Crippen LogP contribution >= 0.6 is 0 Å². The molecule has 4 aliphatic rings. The fourth-order valence-corrected chi connectivity index (χ4v) is 5.76. The van der Waals surface area contributed by atoms with E-state index in [0.29, 0.717) is 24.0 Å². The Morgan fingerprint density at radius 3 is 2.68 bits per heavy atom. The molecule has 4 aliphatic carbocycles. The number of aliphatic hydroxyl groups excluding tert-OH is 1. The molecule has 3 heteroatoms. The Hall–Kier alpha value is -1.38. The molecule has 0 aromatic carbocycles. The molecular weight excluding hydrogens is 276 g/mol. The van der Waals surface area contributed by atoms with Gasteiger partial charge in [-0.3, -0.25) is 9.59 Å². The fourth-order valence-electron chi connectivity index (χ4n) is 5.76. The molecule has 0 saturated heterocycles. The lowest BCUT2D eigenvalue weighted by Crippen LogP contribution is -2.45. The second-order valence-corrected chi connectivity index (χ2v) is 8.08. The number of allylic oxidation sites excluding steroid dienone is 4. The molecule has 4 rings (SSSR count). The molecule has 0 spiro atoms. The summed E-state index contributed by atoms with van der Waals surface area (Å²) < 4.78 is 0.